The predicted octanol–water partition coefficient (Wildman–Crippen LogP) is 10.4. The second kappa shape index (κ2) is 34.8. The number of carbonyl (C=O) groups is 1. The van der Waals surface area contributed by atoms with Crippen LogP contribution in [0, 0.1) is 0 Å². The molecular weight excluding hydrogens is 524 g/mol. The molecule has 0 aromatic carbocycles. The van der Waals surface area contributed by atoms with Gasteiger partial charge in [-0.25, -0.2) is 0 Å². The van der Waals surface area contributed by atoms with Crippen LogP contribution < -0.4 is 0 Å². The molecular formula is C37H74O5. The van der Waals surface area contributed by atoms with Crippen molar-refractivity contribution in [3.05, 3.63) is 0 Å². The summed E-state index contributed by atoms with van der Waals surface area (Å²) in [6, 6.07) is 0. The molecule has 0 aliphatic heterocycles. The highest BCUT2D eigenvalue weighted by atomic mass is 16.6. The van der Waals surface area contributed by atoms with Gasteiger partial charge in [-0.3, -0.25) is 4.79 Å². The Kier molecular flexibility index (Phi) is 34.3. The lowest BCUT2D eigenvalue weighted by Crippen LogP contribution is -2.34. The van der Waals surface area contributed by atoms with Crippen molar-refractivity contribution in [2.24, 2.45) is 0 Å². The molecule has 0 aromatic heterocycles. The minimum Gasteiger partial charge on any atom is -0.460 e. The highest BCUT2D eigenvalue weighted by molar-refractivity contribution is 5.69. The molecule has 42 heavy (non-hydrogen) atoms. The number of hydrogen-bond donors (Lipinski definition) is 3. The SMILES string of the molecule is CCCCCCCCCCCCCCCCCC(=O)OC(CCCCCCCCCCCCCCCCO)C(O)CO. The molecule has 0 bridgehead atoms. The van der Waals surface area contributed by atoms with Gasteiger partial charge in [0.2, 0.25) is 0 Å². The molecule has 5 heteroatoms. The van der Waals surface area contributed by atoms with Crippen molar-refractivity contribution in [1.82, 2.24) is 0 Å². The Labute approximate surface area is 262 Å². The average molecular weight is 599 g/mol. The Morgan fingerprint density at radius 3 is 1.19 bits per heavy atom. The van der Waals surface area contributed by atoms with E-state index in [1.165, 1.54) is 148 Å². The third kappa shape index (κ3) is 30.8. The average Bonchev–Trinajstić information content (AvgIpc) is 3.00. The third-order valence-electron chi connectivity index (χ3n) is 8.78. The Morgan fingerprint density at radius 2 is 0.833 bits per heavy atom. The van der Waals surface area contributed by atoms with Crippen molar-refractivity contribution in [3.8, 4) is 0 Å². The second-order valence-corrected chi connectivity index (χ2v) is 12.9. The second-order valence-electron chi connectivity index (χ2n) is 12.9. The summed E-state index contributed by atoms with van der Waals surface area (Å²) in [6.45, 7) is 2.24. The molecule has 0 spiro atoms. The Morgan fingerprint density at radius 1 is 0.500 bits per heavy atom. The molecule has 0 fully saturated rings. The molecule has 252 valence electrons. The van der Waals surface area contributed by atoms with Crippen LogP contribution in [0.15, 0.2) is 0 Å². The van der Waals surface area contributed by atoms with Crippen molar-refractivity contribution >= 4 is 5.97 Å². The van der Waals surface area contributed by atoms with E-state index in [2.05, 4.69) is 6.92 Å². The maximum absolute atomic E-state index is 12.3. The number of esters is 1. The number of aliphatic hydroxyl groups is 3. The lowest BCUT2D eigenvalue weighted by Gasteiger charge is -2.22. The summed E-state index contributed by atoms with van der Waals surface area (Å²) >= 11 is 0. The molecule has 5 nitrogen and oxygen atoms in total. The fourth-order valence-corrected chi connectivity index (χ4v) is 5.89. The Bertz CT molecular complexity index is 526. The van der Waals surface area contributed by atoms with Gasteiger partial charge in [-0.1, -0.05) is 174 Å². The smallest absolute Gasteiger partial charge is 0.306 e. The first-order chi connectivity index (χ1) is 20.7. The zero-order valence-electron chi connectivity index (χ0n) is 28.1. The van der Waals surface area contributed by atoms with Crippen LogP contribution in [-0.2, 0) is 9.53 Å². The van der Waals surface area contributed by atoms with Crippen LogP contribution >= 0.6 is 0 Å². The van der Waals surface area contributed by atoms with Crippen molar-refractivity contribution in [2.75, 3.05) is 13.2 Å². The zero-order valence-corrected chi connectivity index (χ0v) is 28.1. The quantitative estimate of drug-likeness (QED) is 0.0499. The fraction of sp³-hybridized carbons (Fsp3) is 0.973. The Balaban J connectivity index is 3.61. The van der Waals surface area contributed by atoms with E-state index in [-0.39, 0.29) is 12.6 Å². The molecule has 0 saturated heterocycles. The van der Waals surface area contributed by atoms with Crippen molar-refractivity contribution in [3.63, 3.8) is 0 Å². The van der Waals surface area contributed by atoms with E-state index in [0.29, 0.717) is 19.4 Å². The molecule has 3 N–H and O–H groups in total. The highest BCUT2D eigenvalue weighted by Crippen LogP contribution is 2.17. The molecule has 0 aliphatic carbocycles. The molecule has 0 rings (SSSR count). The predicted molar refractivity (Wildman–Crippen MR) is 179 cm³/mol. The minimum absolute atomic E-state index is 0.229. The summed E-state index contributed by atoms with van der Waals surface area (Å²) in [5, 5.41) is 28.4. The van der Waals surface area contributed by atoms with E-state index in [0.717, 1.165) is 38.5 Å². The van der Waals surface area contributed by atoms with Crippen LogP contribution in [0.25, 0.3) is 0 Å². The van der Waals surface area contributed by atoms with E-state index in [9.17, 15) is 15.0 Å². The fourth-order valence-electron chi connectivity index (χ4n) is 5.89. The van der Waals surface area contributed by atoms with Crippen LogP contribution in [0.1, 0.15) is 206 Å². The first-order valence-electron chi connectivity index (χ1n) is 18.7. The van der Waals surface area contributed by atoms with Crippen LogP contribution in [0.3, 0.4) is 0 Å². The van der Waals surface area contributed by atoms with E-state index >= 15 is 0 Å². The molecule has 0 aromatic rings. The van der Waals surface area contributed by atoms with Gasteiger partial charge in [-0.2, -0.15) is 0 Å². The largest absolute Gasteiger partial charge is 0.460 e. The number of rotatable bonds is 35. The normalized spacial score (nSPS) is 13.0. The first-order valence-corrected chi connectivity index (χ1v) is 18.7. The molecule has 0 radical (unpaired) electrons. The standard InChI is InChI=1S/C37H74O5/c1-2-3-4-5-6-7-8-9-10-14-17-20-23-26-29-32-37(41)42-36(35(40)34-39)31-28-25-22-19-16-13-11-12-15-18-21-24-27-30-33-38/h35-36,38-40H,2-34H2,1H3. The number of unbranched alkanes of at least 4 members (excludes halogenated alkanes) is 27. The van der Waals surface area contributed by atoms with Crippen LogP contribution in [0.5, 0.6) is 0 Å². The molecule has 2 unspecified atom stereocenters. The van der Waals surface area contributed by atoms with Gasteiger partial charge in [0.05, 0.1) is 6.61 Å². The van der Waals surface area contributed by atoms with E-state index < -0.39 is 12.2 Å². The summed E-state index contributed by atoms with van der Waals surface area (Å²) in [7, 11) is 0. The lowest BCUT2D eigenvalue weighted by atomic mass is 10.0. The van der Waals surface area contributed by atoms with Crippen molar-refractivity contribution < 1.29 is 24.9 Å². The number of hydrogen-bond acceptors (Lipinski definition) is 5. The minimum atomic E-state index is -0.982. The molecule has 2 atom stereocenters. The molecule has 0 heterocycles. The third-order valence-corrected chi connectivity index (χ3v) is 8.78. The summed E-state index contributed by atoms with van der Waals surface area (Å²) in [5.74, 6) is -0.229. The summed E-state index contributed by atoms with van der Waals surface area (Å²) in [6.07, 6.45) is 36.0. The van der Waals surface area contributed by atoms with E-state index in [4.69, 9.17) is 9.84 Å². The van der Waals surface area contributed by atoms with Gasteiger partial charge in [-0.05, 0) is 25.7 Å². The van der Waals surface area contributed by atoms with Gasteiger partial charge in [0.15, 0.2) is 0 Å². The van der Waals surface area contributed by atoms with Gasteiger partial charge in [0, 0.05) is 13.0 Å². The lowest BCUT2D eigenvalue weighted by molar-refractivity contribution is -0.157. The van der Waals surface area contributed by atoms with Crippen LogP contribution in [0.4, 0.5) is 0 Å². The zero-order chi connectivity index (χ0) is 30.8. The highest BCUT2D eigenvalue weighted by Gasteiger charge is 2.22. The maximum Gasteiger partial charge on any atom is 0.306 e. The van der Waals surface area contributed by atoms with Gasteiger partial charge in [0.25, 0.3) is 0 Å². The Hall–Kier alpha value is -0.650. The van der Waals surface area contributed by atoms with Crippen molar-refractivity contribution in [2.45, 2.75) is 218 Å². The van der Waals surface area contributed by atoms with E-state index in [1.54, 1.807) is 0 Å². The topological polar surface area (TPSA) is 87.0 Å². The summed E-state index contributed by atoms with van der Waals surface area (Å²) in [4.78, 5) is 12.3. The van der Waals surface area contributed by atoms with E-state index in [1.807, 2.05) is 0 Å². The molecule has 0 amide bonds. The van der Waals surface area contributed by atoms with Gasteiger partial charge in [-0.15, -0.1) is 0 Å². The maximum atomic E-state index is 12.3. The number of carbonyl (C=O) groups excluding carboxylic acids is 1. The molecule has 0 saturated carbocycles. The summed E-state index contributed by atoms with van der Waals surface area (Å²) in [5.41, 5.74) is 0. The van der Waals surface area contributed by atoms with Crippen LogP contribution in [0.2, 0.25) is 0 Å². The number of ether oxygens (including phenoxy) is 1. The van der Waals surface area contributed by atoms with Crippen LogP contribution in [-0.4, -0.2) is 46.7 Å². The van der Waals surface area contributed by atoms with Gasteiger partial charge >= 0.3 is 5.97 Å². The van der Waals surface area contributed by atoms with Gasteiger partial charge < -0.3 is 20.1 Å². The molecule has 0 aliphatic rings. The first kappa shape index (κ1) is 41.4. The summed E-state index contributed by atoms with van der Waals surface area (Å²) < 4.78 is 5.58. The van der Waals surface area contributed by atoms with Gasteiger partial charge in [0.1, 0.15) is 12.2 Å². The number of aliphatic hydroxyl groups excluding tert-OH is 3. The monoisotopic (exact) mass is 599 g/mol. The van der Waals surface area contributed by atoms with Crippen molar-refractivity contribution in [1.29, 1.82) is 0 Å².